The van der Waals surface area contributed by atoms with Crippen molar-refractivity contribution in [3.63, 3.8) is 0 Å². The normalized spacial score (nSPS) is 17.9. The summed E-state index contributed by atoms with van der Waals surface area (Å²) in [6, 6.07) is 1.97. The molecular weight excluding hydrogens is 350 g/mol. The van der Waals surface area contributed by atoms with E-state index in [1.807, 2.05) is 18.5 Å². The Kier molecular flexibility index (Phi) is 3.46. The minimum absolute atomic E-state index is 0.308. The highest BCUT2D eigenvalue weighted by Gasteiger charge is 2.28. The second-order valence-electron chi connectivity index (χ2n) is 6.55. The molecule has 0 radical (unpaired) electrons. The molecule has 8 heteroatoms. The molecule has 1 aliphatic carbocycles. The highest BCUT2D eigenvalue weighted by Crippen LogP contribution is 2.40. The van der Waals surface area contributed by atoms with Crippen LogP contribution in [0.2, 0.25) is 0 Å². The van der Waals surface area contributed by atoms with E-state index >= 15 is 0 Å². The van der Waals surface area contributed by atoms with E-state index in [1.165, 1.54) is 11.9 Å². The van der Waals surface area contributed by atoms with Crippen LogP contribution in [0.1, 0.15) is 28.0 Å². The van der Waals surface area contributed by atoms with E-state index in [1.54, 1.807) is 11.3 Å². The molecule has 1 aliphatic heterocycles. The van der Waals surface area contributed by atoms with Gasteiger partial charge in [0.15, 0.2) is 0 Å². The topological polar surface area (TPSA) is 100 Å². The van der Waals surface area contributed by atoms with Crippen LogP contribution < -0.4 is 5.32 Å². The van der Waals surface area contributed by atoms with Crippen molar-refractivity contribution in [1.82, 2.24) is 15.0 Å². The van der Waals surface area contributed by atoms with E-state index in [-0.39, 0.29) is 5.92 Å². The second kappa shape index (κ2) is 5.84. The number of fused-ring (bicyclic) bond motifs is 4. The summed E-state index contributed by atoms with van der Waals surface area (Å²) in [6.07, 6.45) is 7.18. The number of carbonyl (C=O) groups is 1. The van der Waals surface area contributed by atoms with Gasteiger partial charge >= 0.3 is 5.97 Å². The van der Waals surface area contributed by atoms with Gasteiger partial charge in [-0.3, -0.25) is 9.79 Å². The number of rotatable bonds is 3. The maximum Gasteiger partial charge on any atom is 0.306 e. The lowest BCUT2D eigenvalue weighted by molar-refractivity contribution is -0.142. The maximum absolute atomic E-state index is 11.3. The van der Waals surface area contributed by atoms with Crippen LogP contribution in [0, 0.1) is 5.92 Å². The molecule has 26 heavy (non-hydrogen) atoms. The molecule has 7 nitrogen and oxygen atoms in total. The third-order valence-electron chi connectivity index (χ3n) is 4.96. The number of carboxylic acids is 1. The second-order valence-corrected chi connectivity index (χ2v) is 7.63. The van der Waals surface area contributed by atoms with Crippen molar-refractivity contribution in [2.45, 2.75) is 25.8 Å². The first kappa shape index (κ1) is 15.4. The van der Waals surface area contributed by atoms with Crippen molar-refractivity contribution < 1.29 is 9.90 Å². The van der Waals surface area contributed by atoms with Gasteiger partial charge in [-0.25, -0.2) is 15.0 Å². The lowest BCUT2D eigenvalue weighted by Gasteiger charge is -2.18. The Morgan fingerprint density at radius 1 is 1.31 bits per heavy atom. The molecule has 2 N–H and O–H groups in total. The minimum atomic E-state index is -0.721. The smallest absolute Gasteiger partial charge is 0.306 e. The van der Waals surface area contributed by atoms with Crippen molar-refractivity contribution in [3.05, 3.63) is 40.2 Å². The zero-order chi connectivity index (χ0) is 17.7. The highest BCUT2D eigenvalue weighted by molar-refractivity contribution is 7.19. The number of nitrogens with zero attached hydrogens (tertiary/aromatic N) is 4. The molecule has 5 rings (SSSR count). The van der Waals surface area contributed by atoms with Gasteiger partial charge in [-0.2, -0.15) is 0 Å². The molecule has 0 aromatic carbocycles. The van der Waals surface area contributed by atoms with Gasteiger partial charge in [0.05, 0.1) is 17.8 Å². The van der Waals surface area contributed by atoms with Crippen LogP contribution >= 0.6 is 11.3 Å². The molecule has 2 aliphatic rings. The van der Waals surface area contributed by atoms with Gasteiger partial charge < -0.3 is 10.4 Å². The molecule has 0 saturated carbocycles. The van der Waals surface area contributed by atoms with Crippen molar-refractivity contribution in [2.75, 3.05) is 5.32 Å². The maximum atomic E-state index is 11.3. The van der Waals surface area contributed by atoms with Crippen LogP contribution in [0.25, 0.3) is 10.2 Å². The first-order valence-corrected chi connectivity index (χ1v) is 9.24. The van der Waals surface area contributed by atoms with Crippen molar-refractivity contribution in [1.29, 1.82) is 0 Å². The summed E-state index contributed by atoms with van der Waals surface area (Å²) in [5, 5.41) is 13.6. The number of aliphatic carboxylic acids is 1. The summed E-state index contributed by atoms with van der Waals surface area (Å²) < 4.78 is 0. The van der Waals surface area contributed by atoms with Crippen molar-refractivity contribution in [3.8, 4) is 0 Å². The quantitative estimate of drug-likeness (QED) is 0.740. The standard InChI is InChI=1S/C18H15N5O2S/c24-18(25)9-1-2-12-13(3-9)26-17-15(12)16(21-8-22-17)23-14-4-10-5-19-6-11(10)7-20-14/h4-5,7-9H,1-3,6H2,(H,24,25)(H,20,21,22,23)/t9-/m0/s1. The Balaban J connectivity index is 1.55. The van der Waals surface area contributed by atoms with Crippen LogP contribution in [0.5, 0.6) is 0 Å². The number of aryl methyl sites for hydroxylation is 1. The van der Waals surface area contributed by atoms with E-state index < -0.39 is 5.97 Å². The number of nitrogens with one attached hydrogen (secondary N) is 1. The van der Waals surface area contributed by atoms with Gasteiger partial charge in [0.25, 0.3) is 0 Å². The van der Waals surface area contributed by atoms with Gasteiger partial charge in [0, 0.05) is 28.4 Å². The van der Waals surface area contributed by atoms with Crippen molar-refractivity contribution in [2.24, 2.45) is 10.9 Å². The van der Waals surface area contributed by atoms with E-state index in [0.717, 1.165) is 44.3 Å². The summed E-state index contributed by atoms with van der Waals surface area (Å²) >= 11 is 1.57. The number of thiophene rings is 1. The molecular formula is C18H15N5O2S. The largest absolute Gasteiger partial charge is 0.481 e. The lowest BCUT2D eigenvalue weighted by atomic mass is 9.88. The third-order valence-corrected chi connectivity index (χ3v) is 6.12. The van der Waals surface area contributed by atoms with Gasteiger partial charge in [-0.05, 0) is 30.9 Å². The number of carboxylic acid groups (broad SMARTS) is 1. The van der Waals surface area contributed by atoms with Gasteiger partial charge in [-0.1, -0.05) is 0 Å². The van der Waals surface area contributed by atoms with E-state index in [4.69, 9.17) is 0 Å². The molecule has 0 spiro atoms. The van der Waals surface area contributed by atoms with Crippen LogP contribution in [-0.4, -0.2) is 32.2 Å². The number of aliphatic imine (C=N–C) groups is 1. The fourth-order valence-electron chi connectivity index (χ4n) is 3.60. The summed E-state index contributed by atoms with van der Waals surface area (Å²) in [5.74, 6) is 0.416. The van der Waals surface area contributed by atoms with Crippen molar-refractivity contribution >= 4 is 45.4 Å². The molecule has 0 amide bonds. The lowest BCUT2D eigenvalue weighted by Crippen LogP contribution is -2.21. The zero-order valence-electron chi connectivity index (χ0n) is 13.8. The van der Waals surface area contributed by atoms with Crippen LogP contribution in [0.4, 0.5) is 11.6 Å². The Hall–Kier alpha value is -2.87. The number of hydrogen-bond acceptors (Lipinski definition) is 7. The SMILES string of the molecule is O=C(O)[C@H]1CCc2c(sc3ncnc(Nc4cc5c(cn4)CN=C5)c23)C1. The Bertz CT molecular complexity index is 1070. The molecule has 3 aromatic rings. The monoisotopic (exact) mass is 365 g/mol. The Morgan fingerprint density at radius 2 is 2.23 bits per heavy atom. The molecule has 0 saturated heterocycles. The third kappa shape index (κ3) is 2.45. The average Bonchev–Trinajstić information content (AvgIpc) is 3.25. The van der Waals surface area contributed by atoms with E-state index in [9.17, 15) is 9.90 Å². The number of aromatic nitrogens is 3. The fraction of sp³-hybridized carbons (Fsp3) is 0.278. The molecule has 130 valence electrons. The summed E-state index contributed by atoms with van der Waals surface area (Å²) in [5.41, 5.74) is 3.37. The summed E-state index contributed by atoms with van der Waals surface area (Å²) in [4.78, 5) is 30.9. The first-order chi connectivity index (χ1) is 12.7. The number of anilines is 2. The zero-order valence-corrected chi connectivity index (χ0v) is 14.6. The predicted octanol–water partition coefficient (Wildman–Crippen LogP) is 2.95. The molecule has 1 atom stereocenters. The number of hydrogen-bond donors (Lipinski definition) is 2. The Labute approximate surface area is 152 Å². The molecule has 4 heterocycles. The van der Waals surface area contributed by atoms with Crippen LogP contribution in [0.15, 0.2) is 23.6 Å². The number of pyridine rings is 1. The summed E-state index contributed by atoms with van der Waals surface area (Å²) in [7, 11) is 0. The fourth-order valence-corrected chi connectivity index (χ4v) is 4.87. The molecule has 3 aromatic heterocycles. The van der Waals surface area contributed by atoms with Gasteiger partial charge in [0.1, 0.15) is 22.8 Å². The molecule has 0 fully saturated rings. The van der Waals surface area contributed by atoms with Crippen LogP contribution in [0.3, 0.4) is 0 Å². The van der Waals surface area contributed by atoms with Crippen LogP contribution in [-0.2, 0) is 24.2 Å². The highest BCUT2D eigenvalue weighted by atomic mass is 32.1. The Morgan fingerprint density at radius 3 is 3.12 bits per heavy atom. The van der Waals surface area contributed by atoms with Gasteiger partial charge in [-0.15, -0.1) is 11.3 Å². The predicted molar refractivity (Wildman–Crippen MR) is 99.4 cm³/mol. The average molecular weight is 365 g/mol. The molecule has 0 bridgehead atoms. The molecule has 0 unspecified atom stereocenters. The summed E-state index contributed by atoms with van der Waals surface area (Å²) in [6.45, 7) is 0.684. The van der Waals surface area contributed by atoms with Gasteiger partial charge in [0.2, 0.25) is 0 Å². The first-order valence-electron chi connectivity index (χ1n) is 8.43. The van der Waals surface area contributed by atoms with E-state index in [0.29, 0.717) is 19.4 Å². The van der Waals surface area contributed by atoms with E-state index in [2.05, 4.69) is 25.3 Å². The minimum Gasteiger partial charge on any atom is -0.481 e.